The van der Waals surface area contributed by atoms with Gasteiger partial charge in [0.2, 0.25) is 0 Å². The van der Waals surface area contributed by atoms with Gasteiger partial charge in [0.05, 0.1) is 25.9 Å². The van der Waals surface area contributed by atoms with Crippen LogP contribution in [0.2, 0.25) is 0 Å². The molecule has 2 N–H and O–H groups in total. The van der Waals surface area contributed by atoms with Crippen LogP contribution in [0.1, 0.15) is 13.8 Å². The van der Waals surface area contributed by atoms with Crippen molar-refractivity contribution in [3.8, 4) is 0 Å². The molecule has 1 aliphatic heterocycles. The Morgan fingerprint density at radius 3 is 2.58 bits per heavy atom. The summed E-state index contributed by atoms with van der Waals surface area (Å²) in [7, 11) is 0. The van der Waals surface area contributed by atoms with Gasteiger partial charge in [-0.1, -0.05) is 6.92 Å². The molecule has 0 saturated carbocycles. The number of hydrogen-bond acceptors (Lipinski definition) is 4. The third-order valence-electron chi connectivity index (χ3n) is 2.21. The maximum absolute atomic E-state index is 9.07. The average molecular weight is 176 g/mol. The summed E-state index contributed by atoms with van der Waals surface area (Å²) >= 11 is 0. The van der Waals surface area contributed by atoms with Crippen LogP contribution >= 0.6 is 0 Å². The van der Waals surface area contributed by atoms with Crippen LogP contribution < -0.4 is 0 Å². The Morgan fingerprint density at radius 1 is 1.58 bits per heavy atom. The number of aliphatic hydroxyl groups excluding tert-OH is 2. The lowest BCUT2D eigenvalue weighted by atomic mass is 10.0. The molecule has 4 heteroatoms. The summed E-state index contributed by atoms with van der Waals surface area (Å²) in [5.41, 5.74) is 0. The van der Waals surface area contributed by atoms with Crippen LogP contribution in [0.25, 0.3) is 0 Å². The molecule has 0 aliphatic carbocycles. The van der Waals surface area contributed by atoms with E-state index in [9.17, 15) is 0 Å². The summed E-state index contributed by atoms with van der Waals surface area (Å²) in [6.45, 7) is 3.88. The second kappa shape index (κ2) is 3.70. The van der Waals surface area contributed by atoms with E-state index in [1.165, 1.54) is 0 Å². The molecule has 0 radical (unpaired) electrons. The molecule has 0 spiro atoms. The van der Waals surface area contributed by atoms with E-state index in [2.05, 4.69) is 0 Å². The molecular weight excluding hydrogens is 160 g/mol. The van der Waals surface area contributed by atoms with E-state index in [0.29, 0.717) is 6.61 Å². The highest BCUT2D eigenvalue weighted by molar-refractivity contribution is 4.81. The monoisotopic (exact) mass is 176 g/mol. The Balaban J connectivity index is 2.63. The fourth-order valence-electron chi connectivity index (χ4n) is 1.30. The van der Waals surface area contributed by atoms with Gasteiger partial charge in [-0.2, -0.15) is 0 Å². The van der Waals surface area contributed by atoms with E-state index in [0.717, 1.165) is 0 Å². The zero-order valence-electron chi connectivity index (χ0n) is 7.49. The largest absolute Gasteiger partial charge is 0.396 e. The van der Waals surface area contributed by atoms with Gasteiger partial charge >= 0.3 is 0 Å². The lowest BCUT2D eigenvalue weighted by Crippen LogP contribution is -2.43. The molecular formula is C8H16O4. The first kappa shape index (κ1) is 9.92. The van der Waals surface area contributed by atoms with Crippen molar-refractivity contribution in [3.05, 3.63) is 0 Å². The van der Waals surface area contributed by atoms with Crippen molar-refractivity contribution in [2.75, 3.05) is 19.8 Å². The third-order valence-corrected chi connectivity index (χ3v) is 2.21. The van der Waals surface area contributed by atoms with Gasteiger partial charge in [-0.15, -0.1) is 0 Å². The van der Waals surface area contributed by atoms with Crippen LogP contribution in [0.4, 0.5) is 0 Å². The predicted molar refractivity (Wildman–Crippen MR) is 42.6 cm³/mol. The molecule has 0 aromatic heterocycles. The minimum absolute atomic E-state index is 0.00819. The van der Waals surface area contributed by atoms with E-state index < -0.39 is 5.79 Å². The molecule has 1 heterocycles. The first-order chi connectivity index (χ1) is 5.64. The Bertz CT molecular complexity index is 150. The summed E-state index contributed by atoms with van der Waals surface area (Å²) in [5.74, 6) is -1.18. The average Bonchev–Trinajstić information content (AvgIpc) is 2.47. The summed E-state index contributed by atoms with van der Waals surface area (Å²) < 4.78 is 10.7. The molecule has 0 amide bonds. The van der Waals surface area contributed by atoms with Gasteiger partial charge in [-0.25, -0.2) is 0 Å². The number of ether oxygens (including phenoxy) is 2. The van der Waals surface area contributed by atoms with Crippen molar-refractivity contribution in [1.29, 1.82) is 0 Å². The molecule has 72 valence electrons. The van der Waals surface area contributed by atoms with E-state index in [1.54, 1.807) is 6.92 Å². The lowest BCUT2D eigenvalue weighted by molar-refractivity contribution is -0.227. The number of rotatable bonds is 3. The van der Waals surface area contributed by atoms with E-state index in [4.69, 9.17) is 19.7 Å². The van der Waals surface area contributed by atoms with Crippen LogP contribution in [-0.2, 0) is 9.47 Å². The minimum atomic E-state index is -0.978. The van der Waals surface area contributed by atoms with Gasteiger partial charge in [0.15, 0.2) is 5.79 Å². The molecule has 0 aromatic rings. The van der Waals surface area contributed by atoms with Gasteiger partial charge in [0.1, 0.15) is 0 Å². The fourth-order valence-corrected chi connectivity index (χ4v) is 1.30. The summed E-state index contributed by atoms with van der Waals surface area (Å²) in [5, 5.41) is 18.0. The molecule has 1 saturated heterocycles. The van der Waals surface area contributed by atoms with Crippen molar-refractivity contribution in [2.24, 2.45) is 5.92 Å². The van der Waals surface area contributed by atoms with Gasteiger partial charge in [0, 0.05) is 5.92 Å². The predicted octanol–water partition coefficient (Wildman–Crippen LogP) is -0.261. The number of hydrogen-bond donors (Lipinski definition) is 2. The standard InChI is InChI=1S/C8H16O4/c1-6(3-9)8(5-10)11-4-7(2)12-8/h6-7,9-10H,3-5H2,1-2H3. The summed E-state index contributed by atoms with van der Waals surface area (Å²) in [6, 6.07) is 0. The molecule has 0 aromatic carbocycles. The van der Waals surface area contributed by atoms with E-state index in [-0.39, 0.29) is 25.2 Å². The van der Waals surface area contributed by atoms with Crippen LogP contribution in [-0.4, -0.2) is 41.9 Å². The quantitative estimate of drug-likeness (QED) is 0.622. The van der Waals surface area contributed by atoms with E-state index >= 15 is 0 Å². The highest BCUT2D eigenvalue weighted by Gasteiger charge is 2.43. The Morgan fingerprint density at radius 2 is 2.25 bits per heavy atom. The Labute approximate surface area is 72.1 Å². The second-order valence-electron chi connectivity index (χ2n) is 3.29. The second-order valence-corrected chi connectivity index (χ2v) is 3.29. The number of aliphatic hydroxyl groups is 2. The Kier molecular flexibility index (Phi) is 3.06. The van der Waals surface area contributed by atoms with Gasteiger partial charge in [-0.05, 0) is 6.92 Å². The van der Waals surface area contributed by atoms with Crippen LogP contribution in [0.3, 0.4) is 0 Å². The highest BCUT2D eigenvalue weighted by atomic mass is 16.8. The van der Waals surface area contributed by atoms with Crippen LogP contribution in [0, 0.1) is 5.92 Å². The zero-order valence-corrected chi connectivity index (χ0v) is 7.49. The zero-order chi connectivity index (χ0) is 9.19. The lowest BCUT2D eigenvalue weighted by Gasteiger charge is -2.30. The maximum Gasteiger partial charge on any atom is 0.196 e. The molecule has 12 heavy (non-hydrogen) atoms. The van der Waals surface area contributed by atoms with Crippen LogP contribution in [0.5, 0.6) is 0 Å². The Hall–Kier alpha value is -0.160. The van der Waals surface area contributed by atoms with Crippen molar-refractivity contribution in [2.45, 2.75) is 25.7 Å². The fraction of sp³-hybridized carbons (Fsp3) is 1.00. The van der Waals surface area contributed by atoms with Crippen molar-refractivity contribution >= 4 is 0 Å². The van der Waals surface area contributed by atoms with Gasteiger partial charge in [-0.3, -0.25) is 0 Å². The smallest absolute Gasteiger partial charge is 0.196 e. The SMILES string of the molecule is CC1COC(CO)(C(C)CO)O1. The first-order valence-corrected chi connectivity index (χ1v) is 4.18. The third kappa shape index (κ3) is 1.61. The van der Waals surface area contributed by atoms with Gasteiger partial charge < -0.3 is 19.7 Å². The van der Waals surface area contributed by atoms with Crippen molar-refractivity contribution in [1.82, 2.24) is 0 Å². The summed E-state index contributed by atoms with van der Waals surface area (Å²) in [4.78, 5) is 0. The molecule has 1 rings (SSSR count). The molecule has 1 fully saturated rings. The minimum Gasteiger partial charge on any atom is -0.396 e. The topological polar surface area (TPSA) is 58.9 Å². The molecule has 3 atom stereocenters. The normalized spacial score (nSPS) is 38.5. The molecule has 3 unspecified atom stereocenters. The molecule has 1 aliphatic rings. The maximum atomic E-state index is 9.07. The van der Waals surface area contributed by atoms with E-state index in [1.807, 2.05) is 6.92 Å². The van der Waals surface area contributed by atoms with Gasteiger partial charge in [0.25, 0.3) is 0 Å². The van der Waals surface area contributed by atoms with Crippen LogP contribution in [0.15, 0.2) is 0 Å². The van der Waals surface area contributed by atoms with Crippen molar-refractivity contribution in [3.63, 3.8) is 0 Å². The summed E-state index contributed by atoms with van der Waals surface area (Å²) in [6.07, 6.45) is -0.00819. The first-order valence-electron chi connectivity index (χ1n) is 4.18. The highest BCUT2D eigenvalue weighted by Crippen LogP contribution is 2.30. The molecule has 4 nitrogen and oxygen atoms in total. The molecule has 0 bridgehead atoms. The van der Waals surface area contributed by atoms with Crippen molar-refractivity contribution < 1.29 is 19.7 Å².